The second kappa shape index (κ2) is 6.02. The summed E-state index contributed by atoms with van der Waals surface area (Å²) in [6.45, 7) is 0.325. The van der Waals surface area contributed by atoms with Crippen molar-refractivity contribution in [1.29, 1.82) is 0 Å². The lowest BCUT2D eigenvalue weighted by Crippen LogP contribution is -2.22. The normalized spacial score (nSPS) is 14.3. The highest BCUT2D eigenvalue weighted by Gasteiger charge is 2.23. The summed E-state index contributed by atoms with van der Waals surface area (Å²) in [5.74, 6) is 0.572. The van der Waals surface area contributed by atoms with Crippen molar-refractivity contribution in [2.75, 3.05) is 13.7 Å². The Morgan fingerprint density at radius 1 is 1.16 bits per heavy atom. The summed E-state index contributed by atoms with van der Waals surface area (Å²) in [6, 6.07) is 11.4. The molecule has 0 aromatic heterocycles. The van der Waals surface area contributed by atoms with E-state index in [9.17, 15) is 10.2 Å². The summed E-state index contributed by atoms with van der Waals surface area (Å²) in [7, 11) is 1.55. The number of ether oxygens (including phenoxy) is 1. The van der Waals surface area contributed by atoms with Gasteiger partial charge in [0.1, 0.15) is 11.9 Å². The van der Waals surface area contributed by atoms with E-state index >= 15 is 0 Å². The van der Waals surface area contributed by atoms with Crippen LogP contribution in [-0.4, -0.2) is 30.0 Å². The van der Waals surface area contributed by atoms with Gasteiger partial charge in [0.05, 0.1) is 13.2 Å². The van der Waals surface area contributed by atoms with Crippen molar-refractivity contribution in [3.8, 4) is 5.75 Å². The second-order valence-electron chi connectivity index (χ2n) is 4.49. The average Bonchev–Trinajstić information content (AvgIpc) is 2.45. The molecule has 4 N–H and O–H groups in total. The molecule has 4 nitrogen and oxygen atoms in total. The summed E-state index contributed by atoms with van der Waals surface area (Å²) in [4.78, 5) is 0. The van der Waals surface area contributed by atoms with Gasteiger partial charge in [-0.05, 0) is 29.8 Å². The molecule has 0 spiro atoms. The summed E-state index contributed by atoms with van der Waals surface area (Å²) >= 11 is 0. The minimum absolute atomic E-state index is 0.325. The van der Waals surface area contributed by atoms with Gasteiger partial charge in [-0.2, -0.15) is 0 Å². The molecule has 0 saturated heterocycles. The SMILES string of the molecule is COc1ccc2ccccc2c1C(O)C(O)CCN. The average molecular weight is 261 g/mol. The molecular formula is C15H19NO3. The lowest BCUT2D eigenvalue weighted by atomic mass is 9.95. The van der Waals surface area contributed by atoms with Crippen LogP contribution in [0.2, 0.25) is 0 Å². The van der Waals surface area contributed by atoms with Crippen molar-refractivity contribution in [3.63, 3.8) is 0 Å². The third-order valence-electron chi connectivity index (χ3n) is 3.27. The number of methoxy groups -OCH3 is 1. The molecule has 0 fully saturated rings. The number of aliphatic hydroxyl groups excluding tert-OH is 2. The molecule has 2 rings (SSSR count). The largest absolute Gasteiger partial charge is 0.496 e. The first-order chi connectivity index (χ1) is 9.19. The van der Waals surface area contributed by atoms with E-state index in [1.807, 2.05) is 30.3 Å². The monoisotopic (exact) mass is 261 g/mol. The standard InChI is InChI=1S/C15H19NO3/c1-19-13-7-6-10-4-2-3-5-11(10)14(13)15(18)12(17)8-9-16/h2-7,12,15,17-18H,8-9,16H2,1H3. The van der Waals surface area contributed by atoms with Crippen molar-refractivity contribution in [3.05, 3.63) is 42.0 Å². The maximum Gasteiger partial charge on any atom is 0.125 e. The first kappa shape index (κ1) is 13.8. The van der Waals surface area contributed by atoms with Crippen LogP contribution < -0.4 is 10.5 Å². The van der Waals surface area contributed by atoms with E-state index in [2.05, 4.69) is 0 Å². The minimum Gasteiger partial charge on any atom is -0.496 e. The summed E-state index contributed by atoms with van der Waals surface area (Å²) in [6.07, 6.45) is -1.57. The number of hydrogen-bond donors (Lipinski definition) is 3. The smallest absolute Gasteiger partial charge is 0.125 e. The Morgan fingerprint density at radius 3 is 2.58 bits per heavy atom. The topological polar surface area (TPSA) is 75.7 Å². The molecule has 19 heavy (non-hydrogen) atoms. The van der Waals surface area contributed by atoms with E-state index in [1.54, 1.807) is 13.2 Å². The third-order valence-corrected chi connectivity index (χ3v) is 3.27. The Kier molecular flexibility index (Phi) is 4.37. The van der Waals surface area contributed by atoms with Crippen molar-refractivity contribution in [2.24, 2.45) is 5.73 Å². The fourth-order valence-corrected chi connectivity index (χ4v) is 2.28. The predicted octanol–water partition coefficient (Wildman–Crippen LogP) is 1.59. The number of aliphatic hydroxyl groups is 2. The predicted molar refractivity (Wildman–Crippen MR) is 75.1 cm³/mol. The molecule has 2 unspecified atom stereocenters. The Morgan fingerprint density at radius 2 is 1.89 bits per heavy atom. The Bertz CT molecular complexity index is 556. The molecule has 2 aromatic rings. The fraction of sp³-hybridized carbons (Fsp3) is 0.333. The molecule has 0 aliphatic rings. The number of rotatable bonds is 5. The van der Waals surface area contributed by atoms with Crippen LogP contribution in [0.5, 0.6) is 5.75 Å². The molecule has 102 valence electrons. The first-order valence-corrected chi connectivity index (χ1v) is 6.31. The summed E-state index contributed by atoms with van der Waals surface area (Å²) in [5, 5.41) is 22.2. The summed E-state index contributed by atoms with van der Waals surface area (Å²) in [5.41, 5.74) is 6.04. The molecule has 0 radical (unpaired) electrons. The van der Waals surface area contributed by atoms with E-state index in [0.29, 0.717) is 24.3 Å². The van der Waals surface area contributed by atoms with Crippen LogP contribution >= 0.6 is 0 Å². The van der Waals surface area contributed by atoms with Crippen molar-refractivity contribution in [1.82, 2.24) is 0 Å². The van der Waals surface area contributed by atoms with Gasteiger partial charge in [-0.15, -0.1) is 0 Å². The van der Waals surface area contributed by atoms with E-state index < -0.39 is 12.2 Å². The number of fused-ring (bicyclic) bond motifs is 1. The zero-order chi connectivity index (χ0) is 13.8. The fourth-order valence-electron chi connectivity index (χ4n) is 2.28. The van der Waals surface area contributed by atoms with Gasteiger partial charge < -0.3 is 20.7 Å². The third kappa shape index (κ3) is 2.71. The van der Waals surface area contributed by atoms with E-state index in [1.165, 1.54) is 0 Å². The molecular weight excluding hydrogens is 242 g/mol. The van der Waals surface area contributed by atoms with Crippen LogP contribution in [0.15, 0.2) is 36.4 Å². The first-order valence-electron chi connectivity index (χ1n) is 6.31. The van der Waals surface area contributed by atoms with Crippen LogP contribution in [0.3, 0.4) is 0 Å². The van der Waals surface area contributed by atoms with Gasteiger partial charge in [0.25, 0.3) is 0 Å². The van der Waals surface area contributed by atoms with E-state index in [0.717, 1.165) is 10.8 Å². The number of benzene rings is 2. The van der Waals surface area contributed by atoms with Crippen LogP contribution in [0, 0.1) is 0 Å². The molecule has 0 aliphatic carbocycles. The zero-order valence-corrected chi connectivity index (χ0v) is 10.9. The lowest BCUT2D eigenvalue weighted by Gasteiger charge is -2.21. The molecule has 2 atom stereocenters. The molecule has 0 bridgehead atoms. The van der Waals surface area contributed by atoms with E-state index in [-0.39, 0.29) is 0 Å². The second-order valence-corrected chi connectivity index (χ2v) is 4.49. The molecule has 2 aromatic carbocycles. The highest BCUT2D eigenvalue weighted by Crippen LogP contribution is 2.35. The quantitative estimate of drug-likeness (QED) is 0.764. The maximum absolute atomic E-state index is 10.3. The van der Waals surface area contributed by atoms with Crippen LogP contribution in [0.1, 0.15) is 18.1 Å². The number of hydrogen-bond acceptors (Lipinski definition) is 4. The van der Waals surface area contributed by atoms with Crippen LogP contribution in [-0.2, 0) is 0 Å². The Hall–Kier alpha value is -1.62. The van der Waals surface area contributed by atoms with Crippen LogP contribution in [0.25, 0.3) is 10.8 Å². The van der Waals surface area contributed by atoms with Gasteiger partial charge in [-0.1, -0.05) is 30.3 Å². The van der Waals surface area contributed by atoms with Crippen molar-refractivity contribution >= 4 is 10.8 Å². The lowest BCUT2D eigenvalue weighted by molar-refractivity contribution is 0.0146. The minimum atomic E-state index is -1.01. The Balaban J connectivity index is 2.55. The highest BCUT2D eigenvalue weighted by molar-refractivity contribution is 5.88. The molecule has 0 aliphatic heterocycles. The van der Waals surface area contributed by atoms with Crippen molar-refractivity contribution < 1.29 is 14.9 Å². The zero-order valence-electron chi connectivity index (χ0n) is 10.9. The molecule has 0 amide bonds. The van der Waals surface area contributed by atoms with Crippen molar-refractivity contribution in [2.45, 2.75) is 18.6 Å². The van der Waals surface area contributed by atoms with Gasteiger partial charge in [-0.3, -0.25) is 0 Å². The van der Waals surface area contributed by atoms with Crippen LogP contribution in [0.4, 0.5) is 0 Å². The van der Waals surface area contributed by atoms with Gasteiger partial charge >= 0.3 is 0 Å². The molecule has 4 heteroatoms. The molecule has 0 saturated carbocycles. The van der Waals surface area contributed by atoms with Gasteiger partial charge in [0, 0.05) is 5.56 Å². The Labute approximate surface area is 112 Å². The van der Waals surface area contributed by atoms with E-state index in [4.69, 9.17) is 10.5 Å². The summed E-state index contributed by atoms with van der Waals surface area (Å²) < 4.78 is 5.30. The molecule has 0 heterocycles. The number of nitrogens with two attached hydrogens (primary N) is 1. The maximum atomic E-state index is 10.3. The van der Waals surface area contributed by atoms with Gasteiger partial charge in [0.15, 0.2) is 0 Å². The van der Waals surface area contributed by atoms with Gasteiger partial charge in [-0.25, -0.2) is 0 Å². The van der Waals surface area contributed by atoms with Gasteiger partial charge in [0.2, 0.25) is 0 Å². The highest BCUT2D eigenvalue weighted by atomic mass is 16.5.